The van der Waals surface area contributed by atoms with Crippen molar-refractivity contribution in [3.8, 4) is 11.3 Å². The smallest absolute Gasteiger partial charge is 0.407 e. The highest BCUT2D eigenvalue weighted by Gasteiger charge is 2.35. The minimum Gasteiger partial charge on any atom is -0.465 e. The van der Waals surface area contributed by atoms with Crippen molar-refractivity contribution in [1.29, 1.82) is 0 Å². The number of hydrazine groups is 1. The molecule has 0 unspecified atom stereocenters. The van der Waals surface area contributed by atoms with Crippen LogP contribution in [0.4, 0.5) is 9.59 Å². The maximum absolute atomic E-state index is 13.5. The predicted molar refractivity (Wildman–Crippen MR) is 158 cm³/mol. The Hall–Kier alpha value is -4.48. The maximum atomic E-state index is 13.5. The molecule has 2 aromatic carbocycles. The molecule has 0 fully saturated rings. The number of hydrogen-bond donors (Lipinski definition) is 5. The average molecular weight is 578 g/mol. The Morgan fingerprint density at radius 2 is 1.60 bits per heavy atom. The summed E-state index contributed by atoms with van der Waals surface area (Å²) in [5.74, 6) is -0.518. The van der Waals surface area contributed by atoms with Gasteiger partial charge in [0.2, 0.25) is 0 Å². The van der Waals surface area contributed by atoms with Gasteiger partial charge in [0.15, 0.2) is 0 Å². The molecule has 0 bridgehead atoms. The summed E-state index contributed by atoms with van der Waals surface area (Å²) in [6, 6.07) is 20.6. The molecule has 0 radical (unpaired) electrons. The van der Waals surface area contributed by atoms with Gasteiger partial charge in [-0.3, -0.25) is 15.2 Å². The summed E-state index contributed by atoms with van der Waals surface area (Å²) in [6.45, 7) is 5.48. The number of methoxy groups -OCH3 is 1. The third kappa shape index (κ3) is 9.86. The Labute approximate surface area is 245 Å². The first-order valence-electron chi connectivity index (χ1n) is 13.6. The first kappa shape index (κ1) is 32.0. The van der Waals surface area contributed by atoms with Crippen molar-refractivity contribution < 1.29 is 29.3 Å². The van der Waals surface area contributed by atoms with Crippen LogP contribution in [0.15, 0.2) is 79.0 Å². The number of aliphatic hydroxyl groups excluding tert-OH is 1. The summed E-state index contributed by atoms with van der Waals surface area (Å²) in [6.07, 6.45) is -1.27. The molecule has 42 heavy (non-hydrogen) atoms. The molecule has 0 saturated heterocycles. The van der Waals surface area contributed by atoms with Gasteiger partial charge in [0.05, 0.1) is 24.9 Å². The lowest BCUT2D eigenvalue weighted by Gasteiger charge is -2.34. The molecule has 1 aromatic heterocycles. The van der Waals surface area contributed by atoms with E-state index in [4.69, 9.17) is 4.74 Å². The van der Waals surface area contributed by atoms with Gasteiger partial charge in [0.25, 0.3) is 5.91 Å². The number of amides is 3. The molecule has 0 aliphatic heterocycles. The number of rotatable bonds is 12. The zero-order chi connectivity index (χ0) is 30.7. The highest BCUT2D eigenvalue weighted by Crippen LogP contribution is 2.21. The highest BCUT2D eigenvalue weighted by molar-refractivity contribution is 5.86. The number of carbonyl (C=O) groups is 3. The van der Waals surface area contributed by atoms with Crippen LogP contribution in [0.1, 0.15) is 31.9 Å². The molecular weight excluding hydrogens is 538 g/mol. The topological polar surface area (TPSA) is 153 Å². The molecule has 5 N–H and O–H groups in total. The number of carboxylic acid groups (broad SMARTS) is 1. The summed E-state index contributed by atoms with van der Waals surface area (Å²) in [7, 11) is 1.21. The van der Waals surface area contributed by atoms with E-state index in [9.17, 15) is 24.6 Å². The number of ether oxygens (including phenoxy) is 1. The molecule has 3 rings (SSSR count). The van der Waals surface area contributed by atoms with E-state index in [2.05, 4.69) is 21.0 Å². The lowest BCUT2D eigenvalue weighted by Crippen LogP contribution is -2.59. The molecule has 0 spiro atoms. The molecule has 0 saturated carbocycles. The van der Waals surface area contributed by atoms with E-state index in [0.29, 0.717) is 0 Å². The third-order valence-electron chi connectivity index (χ3n) is 6.61. The normalized spacial score (nSPS) is 13.5. The van der Waals surface area contributed by atoms with Crippen LogP contribution in [-0.4, -0.2) is 70.1 Å². The fourth-order valence-corrected chi connectivity index (χ4v) is 4.42. The first-order valence-corrected chi connectivity index (χ1v) is 13.6. The van der Waals surface area contributed by atoms with Crippen LogP contribution in [0, 0.1) is 5.41 Å². The number of nitrogens with zero attached hydrogens (tertiary/aromatic N) is 2. The number of nitrogens with one attached hydrogen (secondary N) is 3. The summed E-state index contributed by atoms with van der Waals surface area (Å²) in [5.41, 5.74) is 5.54. The van der Waals surface area contributed by atoms with Crippen molar-refractivity contribution in [2.45, 2.75) is 51.9 Å². The molecule has 11 heteroatoms. The van der Waals surface area contributed by atoms with Crippen molar-refractivity contribution in [2.75, 3.05) is 13.7 Å². The first-order chi connectivity index (χ1) is 20.0. The lowest BCUT2D eigenvalue weighted by molar-refractivity contribution is -0.131. The van der Waals surface area contributed by atoms with E-state index in [1.54, 1.807) is 27.0 Å². The number of aromatic nitrogens is 1. The lowest BCUT2D eigenvalue weighted by atomic mass is 9.86. The van der Waals surface area contributed by atoms with Crippen LogP contribution in [0.25, 0.3) is 11.3 Å². The molecule has 3 amide bonds. The van der Waals surface area contributed by atoms with Gasteiger partial charge in [-0.25, -0.2) is 14.6 Å². The van der Waals surface area contributed by atoms with Gasteiger partial charge in [-0.05, 0) is 35.1 Å². The summed E-state index contributed by atoms with van der Waals surface area (Å²) >= 11 is 0. The van der Waals surface area contributed by atoms with E-state index < -0.39 is 41.7 Å². The fourth-order valence-electron chi connectivity index (χ4n) is 4.42. The second-order valence-electron chi connectivity index (χ2n) is 11.0. The van der Waals surface area contributed by atoms with Gasteiger partial charge in [0, 0.05) is 24.8 Å². The van der Waals surface area contributed by atoms with Gasteiger partial charge < -0.3 is 25.6 Å². The zero-order valence-corrected chi connectivity index (χ0v) is 24.3. The van der Waals surface area contributed by atoms with Crippen LogP contribution in [-0.2, 0) is 22.5 Å². The number of carbonyl (C=O) groups excluding carboxylic acids is 2. The SMILES string of the molecule is COC(=O)N[C@H](C(=O)NN(Cc1ccc(-c2ccccn2)cc1)C[C@H](O)[C@H](Cc1ccccc1)NC(=O)O)C(C)(C)C. The van der Waals surface area contributed by atoms with E-state index in [-0.39, 0.29) is 19.5 Å². The monoisotopic (exact) mass is 577 g/mol. The summed E-state index contributed by atoms with van der Waals surface area (Å²) < 4.78 is 4.71. The summed E-state index contributed by atoms with van der Waals surface area (Å²) in [4.78, 5) is 41.4. The van der Waals surface area contributed by atoms with Crippen molar-refractivity contribution in [3.05, 3.63) is 90.1 Å². The molecule has 224 valence electrons. The van der Waals surface area contributed by atoms with Gasteiger partial charge in [0.1, 0.15) is 6.04 Å². The van der Waals surface area contributed by atoms with Crippen LogP contribution in [0.2, 0.25) is 0 Å². The van der Waals surface area contributed by atoms with Crippen LogP contribution < -0.4 is 16.1 Å². The minimum absolute atomic E-state index is 0.111. The number of aliphatic hydroxyl groups is 1. The molecule has 11 nitrogen and oxygen atoms in total. The largest absolute Gasteiger partial charge is 0.465 e. The van der Waals surface area contributed by atoms with Crippen molar-refractivity contribution in [2.24, 2.45) is 5.41 Å². The van der Waals surface area contributed by atoms with Crippen LogP contribution in [0.3, 0.4) is 0 Å². The second-order valence-corrected chi connectivity index (χ2v) is 11.0. The Balaban J connectivity index is 1.85. The number of benzene rings is 2. The number of hydrogen-bond acceptors (Lipinski definition) is 7. The Kier molecular flexibility index (Phi) is 11.4. The molecule has 3 aromatic rings. The Morgan fingerprint density at radius 3 is 2.17 bits per heavy atom. The van der Waals surface area contributed by atoms with Crippen molar-refractivity contribution >= 4 is 18.1 Å². The van der Waals surface area contributed by atoms with Crippen molar-refractivity contribution in [1.82, 2.24) is 26.1 Å². The highest BCUT2D eigenvalue weighted by atomic mass is 16.5. The molecular formula is C31H39N5O6. The Morgan fingerprint density at radius 1 is 0.929 bits per heavy atom. The predicted octanol–water partition coefficient (Wildman–Crippen LogP) is 3.59. The van der Waals surface area contributed by atoms with E-state index in [0.717, 1.165) is 22.4 Å². The maximum Gasteiger partial charge on any atom is 0.407 e. The van der Waals surface area contributed by atoms with Crippen LogP contribution >= 0.6 is 0 Å². The van der Waals surface area contributed by atoms with Gasteiger partial charge in [-0.2, -0.15) is 0 Å². The molecule has 0 aliphatic rings. The quantitative estimate of drug-likeness (QED) is 0.205. The standard InChI is InChI=1S/C31H39N5O6/c1-31(2,3)27(34-30(41)42-4)28(38)35-36(19-22-13-15-23(16-14-22)24-12-8-9-17-32-24)20-26(37)25(33-29(39)40)18-21-10-6-5-7-11-21/h5-17,25-27,33,37H,18-20H2,1-4H3,(H,34,41)(H,35,38)(H,39,40)/t25-,26-,27+/m0/s1. The zero-order valence-electron chi connectivity index (χ0n) is 24.3. The van der Waals surface area contributed by atoms with E-state index >= 15 is 0 Å². The number of alkyl carbamates (subject to hydrolysis) is 1. The van der Waals surface area contributed by atoms with Gasteiger partial charge in [-0.15, -0.1) is 0 Å². The van der Waals surface area contributed by atoms with Crippen LogP contribution in [0.5, 0.6) is 0 Å². The van der Waals surface area contributed by atoms with Gasteiger partial charge in [-0.1, -0.05) is 81.4 Å². The number of pyridine rings is 1. The molecule has 0 aliphatic carbocycles. The minimum atomic E-state index is -1.27. The fraction of sp³-hybridized carbons (Fsp3) is 0.355. The van der Waals surface area contributed by atoms with Crippen molar-refractivity contribution in [3.63, 3.8) is 0 Å². The molecule has 3 atom stereocenters. The Bertz CT molecular complexity index is 1300. The summed E-state index contributed by atoms with van der Waals surface area (Å²) in [5, 5.41) is 27.2. The molecule has 1 heterocycles. The third-order valence-corrected chi connectivity index (χ3v) is 6.61. The second kappa shape index (κ2) is 14.9. The average Bonchev–Trinajstić information content (AvgIpc) is 2.95. The van der Waals surface area contributed by atoms with Gasteiger partial charge >= 0.3 is 12.2 Å². The van der Waals surface area contributed by atoms with E-state index in [1.807, 2.05) is 72.8 Å². The van der Waals surface area contributed by atoms with E-state index in [1.165, 1.54) is 12.1 Å².